The minimum Gasteiger partial charge on any atom is -0.382 e. The van der Waals surface area contributed by atoms with Crippen molar-refractivity contribution in [2.24, 2.45) is 0 Å². The average Bonchev–Trinajstić information content (AvgIpc) is 2.38. The molecule has 6 heteroatoms. The first-order chi connectivity index (χ1) is 8.34. The molecule has 5 nitrogen and oxygen atoms in total. The summed E-state index contributed by atoms with van der Waals surface area (Å²) >= 11 is 1.82. The Bertz CT molecular complexity index is 211. The third-order valence-electron chi connectivity index (χ3n) is 2.43. The van der Waals surface area contributed by atoms with E-state index in [-0.39, 0.29) is 11.9 Å². The second-order valence-corrected chi connectivity index (χ2v) is 4.98. The molecule has 1 aliphatic heterocycles. The number of methoxy groups -OCH3 is 1. The summed E-state index contributed by atoms with van der Waals surface area (Å²) in [5, 5.41) is 6.12. The van der Waals surface area contributed by atoms with E-state index in [0.29, 0.717) is 26.4 Å². The van der Waals surface area contributed by atoms with Crippen molar-refractivity contribution in [3.8, 4) is 0 Å². The van der Waals surface area contributed by atoms with E-state index in [1.165, 1.54) is 0 Å². The first kappa shape index (κ1) is 14.8. The maximum absolute atomic E-state index is 11.7. The normalized spacial score (nSPS) is 20.2. The van der Waals surface area contributed by atoms with Gasteiger partial charge in [0.25, 0.3) is 0 Å². The van der Waals surface area contributed by atoms with Crippen LogP contribution in [0, 0.1) is 0 Å². The lowest BCUT2D eigenvalue weighted by Crippen LogP contribution is -2.49. The minimum absolute atomic E-state index is 0.0249. The lowest BCUT2D eigenvalue weighted by molar-refractivity contribution is -0.122. The van der Waals surface area contributed by atoms with Crippen LogP contribution in [0.15, 0.2) is 0 Å². The van der Waals surface area contributed by atoms with Crippen LogP contribution in [0.25, 0.3) is 0 Å². The lowest BCUT2D eigenvalue weighted by Gasteiger charge is -2.22. The fourth-order valence-corrected chi connectivity index (χ4v) is 2.42. The molecule has 0 aromatic carbocycles. The van der Waals surface area contributed by atoms with E-state index < -0.39 is 0 Å². The maximum atomic E-state index is 11.7. The summed E-state index contributed by atoms with van der Waals surface area (Å²) in [6, 6.07) is -0.0249. The molecule has 1 amide bonds. The largest absolute Gasteiger partial charge is 0.382 e. The number of amides is 1. The highest BCUT2D eigenvalue weighted by Crippen LogP contribution is 2.07. The quantitative estimate of drug-likeness (QED) is 0.596. The first-order valence-corrected chi connectivity index (χ1v) is 7.15. The van der Waals surface area contributed by atoms with Crippen LogP contribution in [0.4, 0.5) is 0 Å². The smallest absolute Gasteiger partial charge is 0.237 e. The van der Waals surface area contributed by atoms with E-state index in [0.717, 1.165) is 24.5 Å². The number of rotatable bonds is 8. The Balaban J connectivity index is 1.92. The molecule has 100 valence electrons. The topological polar surface area (TPSA) is 59.6 Å². The molecule has 1 heterocycles. The molecule has 1 unspecified atom stereocenters. The molecule has 0 aliphatic carbocycles. The van der Waals surface area contributed by atoms with E-state index >= 15 is 0 Å². The number of nitrogens with one attached hydrogen (secondary N) is 2. The van der Waals surface area contributed by atoms with Gasteiger partial charge < -0.3 is 20.1 Å². The van der Waals surface area contributed by atoms with Crippen LogP contribution in [0.5, 0.6) is 0 Å². The number of carbonyl (C=O) groups is 1. The molecule has 0 spiro atoms. The fourth-order valence-electron chi connectivity index (χ4n) is 1.49. The zero-order chi connectivity index (χ0) is 12.3. The number of hydrogen-bond donors (Lipinski definition) is 2. The van der Waals surface area contributed by atoms with Crippen molar-refractivity contribution >= 4 is 17.7 Å². The van der Waals surface area contributed by atoms with Crippen molar-refractivity contribution in [2.75, 3.05) is 51.5 Å². The van der Waals surface area contributed by atoms with Crippen LogP contribution in [0.1, 0.15) is 6.42 Å². The maximum Gasteiger partial charge on any atom is 0.237 e. The van der Waals surface area contributed by atoms with Gasteiger partial charge in [-0.25, -0.2) is 0 Å². The van der Waals surface area contributed by atoms with Crippen LogP contribution in [0.3, 0.4) is 0 Å². The Morgan fingerprint density at radius 2 is 2.35 bits per heavy atom. The van der Waals surface area contributed by atoms with E-state index in [1.807, 2.05) is 11.8 Å². The predicted octanol–water partition coefficient (Wildman–Crippen LogP) is -0.139. The Labute approximate surface area is 107 Å². The van der Waals surface area contributed by atoms with Crippen LogP contribution in [0.2, 0.25) is 0 Å². The average molecular weight is 262 g/mol. The standard InChI is InChI=1S/C11H22N2O3S/c1-15-6-7-16-5-2-3-13-11(14)10-9-17-8-4-12-10/h10,12H,2-9H2,1H3,(H,13,14). The zero-order valence-corrected chi connectivity index (χ0v) is 11.2. The van der Waals surface area contributed by atoms with E-state index in [2.05, 4.69) is 10.6 Å². The Morgan fingerprint density at radius 3 is 3.06 bits per heavy atom. The first-order valence-electron chi connectivity index (χ1n) is 6.00. The fraction of sp³-hybridized carbons (Fsp3) is 0.909. The number of ether oxygens (including phenoxy) is 2. The summed E-state index contributed by atoms with van der Waals surface area (Å²) in [6.07, 6.45) is 0.843. The summed E-state index contributed by atoms with van der Waals surface area (Å²) in [6.45, 7) is 3.49. The summed E-state index contributed by atoms with van der Waals surface area (Å²) in [4.78, 5) is 11.7. The van der Waals surface area contributed by atoms with Crippen LogP contribution >= 0.6 is 11.8 Å². The third-order valence-corrected chi connectivity index (χ3v) is 3.50. The van der Waals surface area contributed by atoms with E-state index in [9.17, 15) is 4.79 Å². The molecule has 0 bridgehead atoms. The molecule has 0 aromatic rings. The minimum atomic E-state index is -0.0249. The van der Waals surface area contributed by atoms with Crippen molar-refractivity contribution in [3.05, 3.63) is 0 Å². The molecule has 0 radical (unpaired) electrons. The van der Waals surface area contributed by atoms with Gasteiger partial charge in [0.15, 0.2) is 0 Å². The van der Waals surface area contributed by atoms with Gasteiger partial charge in [0.05, 0.1) is 19.3 Å². The highest BCUT2D eigenvalue weighted by Gasteiger charge is 2.19. The summed E-state index contributed by atoms with van der Waals surface area (Å²) in [7, 11) is 1.65. The Morgan fingerprint density at radius 1 is 1.47 bits per heavy atom. The zero-order valence-electron chi connectivity index (χ0n) is 10.4. The van der Waals surface area contributed by atoms with Gasteiger partial charge >= 0.3 is 0 Å². The summed E-state index contributed by atoms with van der Waals surface area (Å²) in [5.41, 5.74) is 0. The molecule has 0 saturated carbocycles. The Kier molecular flexibility index (Phi) is 8.42. The number of carbonyl (C=O) groups excluding carboxylic acids is 1. The van der Waals surface area contributed by atoms with Gasteiger partial charge in [-0.05, 0) is 6.42 Å². The SMILES string of the molecule is COCCOCCCNC(=O)C1CSCCN1. The molecular formula is C11H22N2O3S. The second kappa shape index (κ2) is 9.70. The van der Waals surface area contributed by atoms with Crippen LogP contribution in [-0.4, -0.2) is 63.5 Å². The van der Waals surface area contributed by atoms with E-state index in [4.69, 9.17) is 9.47 Å². The number of thioether (sulfide) groups is 1. The Hall–Kier alpha value is -0.300. The molecule has 1 atom stereocenters. The van der Waals surface area contributed by atoms with Gasteiger partial charge in [0, 0.05) is 38.3 Å². The van der Waals surface area contributed by atoms with Crippen LogP contribution in [-0.2, 0) is 14.3 Å². The number of hydrogen-bond acceptors (Lipinski definition) is 5. The molecule has 17 heavy (non-hydrogen) atoms. The molecular weight excluding hydrogens is 240 g/mol. The molecule has 0 aromatic heterocycles. The summed E-state index contributed by atoms with van der Waals surface area (Å²) < 4.78 is 10.2. The van der Waals surface area contributed by atoms with E-state index in [1.54, 1.807) is 7.11 Å². The van der Waals surface area contributed by atoms with Gasteiger partial charge in [-0.15, -0.1) is 0 Å². The lowest BCUT2D eigenvalue weighted by atomic mass is 10.3. The molecule has 2 N–H and O–H groups in total. The van der Waals surface area contributed by atoms with Gasteiger partial charge in [-0.1, -0.05) is 0 Å². The van der Waals surface area contributed by atoms with Gasteiger partial charge in [-0.2, -0.15) is 11.8 Å². The van der Waals surface area contributed by atoms with Crippen molar-refractivity contribution in [2.45, 2.75) is 12.5 Å². The molecule has 1 saturated heterocycles. The molecule has 1 aliphatic rings. The van der Waals surface area contributed by atoms with Crippen molar-refractivity contribution in [3.63, 3.8) is 0 Å². The van der Waals surface area contributed by atoms with Crippen molar-refractivity contribution in [1.82, 2.24) is 10.6 Å². The summed E-state index contributed by atoms with van der Waals surface area (Å²) in [5.74, 6) is 2.07. The highest BCUT2D eigenvalue weighted by molar-refractivity contribution is 7.99. The van der Waals surface area contributed by atoms with Crippen molar-refractivity contribution in [1.29, 1.82) is 0 Å². The molecule has 1 fully saturated rings. The predicted molar refractivity (Wildman–Crippen MR) is 69.4 cm³/mol. The second-order valence-electron chi connectivity index (χ2n) is 3.83. The van der Waals surface area contributed by atoms with Gasteiger partial charge in [0.1, 0.15) is 0 Å². The molecule has 1 rings (SSSR count). The van der Waals surface area contributed by atoms with Gasteiger partial charge in [0.2, 0.25) is 5.91 Å². The van der Waals surface area contributed by atoms with Crippen LogP contribution < -0.4 is 10.6 Å². The van der Waals surface area contributed by atoms with Crippen molar-refractivity contribution < 1.29 is 14.3 Å². The monoisotopic (exact) mass is 262 g/mol. The van der Waals surface area contributed by atoms with Gasteiger partial charge in [-0.3, -0.25) is 4.79 Å². The highest BCUT2D eigenvalue weighted by atomic mass is 32.2. The third kappa shape index (κ3) is 6.88.